The fraction of sp³-hybridized carbons (Fsp3) is 0.211. The van der Waals surface area contributed by atoms with Gasteiger partial charge in [0.25, 0.3) is 5.91 Å². The Kier molecular flexibility index (Phi) is 3.72. The number of aryl methyl sites for hydroxylation is 2. The van der Waals surface area contributed by atoms with E-state index in [1.807, 2.05) is 37.4 Å². The van der Waals surface area contributed by atoms with Gasteiger partial charge in [-0.2, -0.15) is 0 Å². The molecule has 22 heavy (non-hydrogen) atoms. The quantitative estimate of drug-likeness (QED) is 0.776. The monoisotopic (exact) mass is 292 g/mol. The number of nitrogens with one attached hydrogen (secondary N) is 1. The average Bonchev–Trinajstić information content (AvgIpc) is 2.91. The second-order valence-corrected chi connectivity index (χ2v) is 5.86. The third kappa shape index (κ3) is 2.75. The molecule has 3 heteroatoms. The van der Waals surface area contributed by atoms with Gasteiger partial charge in [0.15, 0.2) is 0 Å². The molecule has 0 fully saturated rings. The maximum Gasteiger partial charge on any atom is 0.270 e. The summed E-state index contributed by atoms with van der Waals surface area (Å²) in [4.78, 5) is 17.6. The van der Waals surface area contributed by atoms with E-state index < -0.39 is 0 Å². The summed E-state index contributed by atoms with van der Waals surface area (Å²) in [5.41, 5.74) is 5.20. The minimum Gasteiger partial charge on any atom is -0.351 e. The highest BCUT2D eigenvalue weighted by Gasteiger charge is 2.15. The molecule has 0 saturated heterocycles. The molecule has 1 aromatic heterocycles. The molecule has 1 N–H and O–H groups in total. The molecule has 0 spiro atoms. The minimum atomic E-state index is 0.0112. The highest BCUT2D eigenvalue weighted by Crippen LogP contribution is 2.19. The van der Waals surface area contributed by atoms with Crippen molar-refractivity contribution in [3.8, 4) is 0 Å². The molecule has 0 bridgehead atoms. The SMILES string of the molecule is Cc1ccc2[nH]c(C(=O)N(C)Cc3ccccc3C)cc2c1. The summed E-state index contributed by atoms with van der Waals surface area (Å²) < 4.78 is 0. The van der Waals surface area contributed by atoms with Crippen molar-refractivity contribution in [2.45, 2.75) is 20.4 Å². The molecule has 0 aliphatic rings. The maximum absolute atomic E-state index is 12.6. The molecule has 0 atom stereocenters. The second kappa shape index (κ2) is 5.68. The molecule has 0 unspecified atom stereocenters. The number of H-pyrrole nitrogens is 1. The predicted molar refractivity (Wildman–Crippen MR) is 90.0 cm³/mol. The number of carbonyl (C=O) groups is 1. The lowest BCUT2D eigenvalue weighted by Crippen LogP contribution is -2.26. The van der Waals surface area contributed by atoms with Crippen molar-refractivity contribution in [1.29, 1.82) is 0 Å². The molecule has 2 aromatic carbocycles. The zero-order chi connectivity index (χ0) is 15.7. The van der Waals surface area contributed by atoms with Crippen LogP contribution in [0.5, 0.6) is 0 Å². The summed E-state index contributed by atoms with van der Waals surface area (Å²) >= 11 is 0. The Morgan fingerprint density at radius 1 is 1.09 bits per heavy atom. The van der Waals surface area contributed by atoms with Crippen LogP contribution >= 0.6 is 0 Å². The van der Waals surface area contributed by atoms with E-state index >= 15 is 0 Å². The number of amides is 1. The first-order valence-electron chi connectivity index (χ1n) is 7.44. The molecular formula is C19H20N2O. The van der Waals surface area contributed by atoms with E-state index in [0.29, 0.717) is 12.2 Å². The van der Waals surface area contributed by atoms with Crippen LogP contribution < -0.4 is 0 Å². The highest BCUT2D eigenvalue weighted by atomic mass is 16.2. The first kappa shape index (κ1) is 14.4. The van der Waals surface area contributed by atoms with Gasteiger partial charge in [-0.1, -0.05) is 35.9 Å². The molecule has 3 rings (SSSR count). The number of benzene rings is 2. The molecule has 3 aromatic rings. The van der Waals surface area contributed by atoms with E-state index in [9.17, 15) is 4.79 Å². The Bertz CT molecular complexity index is 832. The van der Waals surface area contributed by atoms with Crippen LogP contribution in [-0.2, 0) is 6.54 Å². The Morgan fingerprint density at radius 2 is 1.86 bits per heavy atom. The van der Waals surface area contributed by atoms with Crippen LogP contribution in [0.3, 0.4) is 0 Å². The van der Waals surface area contributed by atoms with Crippen LogP contribution in [0.4, 0.5) is 0 Å². The largest absolute Gasteiger partial charge is 0.351 e. The number of hydrogen-bond acceptors (Lipinski definition) is 1. The standard InChI is InChI=1S/C19H20N2O/c1-13-8-9-17-16(10-13)11-18(20-17)19(22)21(3)12-15-7-5-4-6-14(15)2/h4-11,20H,12H2,1-3H3. The Labute approximate surface area is 130 Å². The second-order valence-electron chi connectivity index (χ2n) is 5.86. The van der Waals surface area contributed by atoms with E-state index in [1.165, 1.54) is 16.7 Å². The Morgan fingerprint density at radius 3 is 2.64 bits per heavy atom. The summed E-state index contributed by atoms with van der Waals surface area (Å²) in [6, 6.07) is 16.2. The normalized spacial score (nSPS) is 10.9. The summed E-state index contributed by atoms with van der Waals surface area (Å²) in [7, 11) is 1.84. The van der Waals surface area contributed by atoms with Crippen molar-refractivity contribution in [2.75, 3.05) is 7.05 Å². The number of fused-ring (bicyclic) bond motifs is 1. The lowest BCUT2D eigenvalue weighted by atomic mass is 10.1. The van der Waals surface area contributed by atoms with Crippen LogP contribution in [0.2, 0.25) is 0 Å². The van der Waals surface area contributed by atoms with E-state index in [4.69, 9.17) is 0 Å². The zero-order valence-corrected chi connectivity index (χ0v) is 13.2. The summed E-state index contributed by atoms with van der Waals surface area (Å²) in [5, 5.41) is 1.08. The molecule has 1 amide bonds. The van der Waals surface area contributed by atoms with Gasteiger partial charge < -0.3 is 9.88 Å². The highest BCUT2D eigenvalue weighted by molar-refractivity contribution is 5.98. The van der Waals surface area contributed by atoms with E-state index in [2.05, 4.69) is 37.0 Å². The topological polar surface area (TPSA) is 36.1 Å². The third-order valence-electron chi connectivity index (χ3n) is 4.02. The minimum absolute atomic E-state index is 0.0112. The summed E-state index contributed by atoms with van der Waals surface area (Å²) in [6.45, 7) is 4.73. The molecule has 112 valence electrons. The van der Waals surface area contributed by atoms with Crippen LogP contribution in [0.1, 0.15) is 27.2 Å². The van der Waals surface area contributed by atoms with Crippen LogP contribution in [0.15, 0.2) is 48.5 Å². The van der Waals surface area contributed by atoms with E-state index in [0.717, 1.165) is 10.9 Å². The van der Waals surface area contributed by atoms with Gasteiger partial charge in [0, 0.05) is 24.5 Å². The Balaban J connectivity index is 1.84. The molecule has 0 aliphatic heterocycles. The third-order valence-corrected chi connectivity index (χ3v) is 4.02. The van der Waals surface area contributed by atoms with Crippen molar-refractivity contribution < 1.29 is 4.79 Å². The van der Waals surface area contributed by atoms with Gasteiger partial charge in [-0.15, -0.1) is 0 Å². The fourth-order valence-electron chi connectivity index (χ4n) is 2.69. The van der Waals surface area contributed by atoms with Gasteiger partial charge in [0.1, 0.15) is 5.69 Å². The molecule has 0 saturated carbocycles. The summed E-state index contributed by atoms with van der Waals surface area (Å²) in [5.74, 6) is 0.0112. The molecule has 0 radical (unpaired) electrons. The lowest BCUT2D eigenvalue weighted by molar-refractivity contribution is 0.0780. The molecule has 3 nitrogen and oxygen atoms in total. The smallest absolute Gasteiger partial charge is 0.270 e. The van der Waals surface area contributed by atoms with Gasteiger partial charge in [-0.25, -0.2) is 0 Å². The number of aromatic nitrogens is 1. The molecular weight excluding hydrogens is 272 g/mol. The van der Waals surface area contributed by atoms with Crippen molar-refractivity contribution in [3.05, 3.63) is 70.9 Å². The van der Waals surface area contributed by atoms with Gasteiger partial charge in [-0.3, -0.25) is 4.79 Å². The van der Waals surface area contributed by atoms with E-state index in [1.54, 1.807) is 4.90 Å². The first-order chi connectivity index (χ1) is 10.5. The van der Waals surface area contributed by atoms with E-state index in [-0.39, 0.29) is 5.91 Å². The number of rotatable bonds is 3. The zero-order valence-electron chi connectivity index (χ0n) is 13.2. The van der Waals surface area contributed by atoms with Crippen LogP contribution in [0, 0.1) is 13.8 Å². The molecule has 1 heterocycles. The maximum atomic E-state index is 12.6. The first-order valence-corrected chi connectivity index (χ1v) is 7.44. The number of hydrogen-bond donors (Lipinski definition) is 1. The summed E-state index contributed by atoms with van der Waals surface area (Å²) in [6.07, 6.45) is 0. The average molecular weight is 292 g/mol. The Hall–Kier alpha value is -2.55. The van der Waals surface area contributed by atoms with Gasteiger partial charge in [0.05, 0.1) is 0 Å². The van der Waals surface area contributed by atoms with Crippen molar-refractivity contribution in [1.82, 2.24) is 9.88 Å². The van der Waals surface area contributed by atoms with Gasteiger partial charge in [0.2, 0.25) is 0 Å². The predicted octanol–water partition coefficient (Wildman–Crippen LogP) is 4.06. The van der Waals surface area contributed by atoms with Gasteiger partial charge in [-0.05, 0) is 43.2 Å². The number of aromatic amines is 1. The van der Waals surface area contributed by atoms with Crippen LogP contribution in [-0.4, -0.2) is 22.8 Å². The number of carbonyl (C=O) groups excluding carboxylic acids is 1. The number of nitrogens with zero attached hydrogens (tertiary/aromatic N) is 1. The van der Waals surface area contributed by atoms with Gasteiger partial charge >= 0.3 is 0 Å². The molecule has 0 aliphatic carbocycles. The van der Waals surface area contributed by atoms with Crippen molar-refractivity contribution in [2.24, 2.45) is 0 Å². The lowest BCUT2D eigenvalue weighted by Gasteiger charge is -2.17. The van der Waals surface area contributed by atoms with Crippen LogP contribution in [0.25, 0.3) is 10.9 Å². The fourth-order valence-corrected chi connectivity index (χ4v) is 2.69. The van der Waals surface area contributed by atoms with Crippen molar-refractivity contribution in [3.63, 3.8) is 0 Å². The van der Waals surface area contributed by atoms with Crippen molar-refractivity contribution >= 4 is 16.8 Å².